The lowest BCUT2D eigenvalue weighted by atomic mass is 10.1. The molecular weight excluding hydrogens is 260 g/mol. The number of nitrogens with zero attached hydrogens (tertiary/aromatic N) is 1. The van der Waals surface area contributed by atoms with Crippen molar-refractivity contribution in [3.05, 3.63) is 59.7 Å². The number of nitrogens with one attached hydrogen (secondary N) is 1. The molecule has 1 fully saturated rings. The first-order valence-electron chi connectivity index (χ1n) is 7.56. The fourth-order valence-electron chi connectivity index (χ4n) is 2.64. The predicted octanol–water partition coefficient (Wildman–Crippen LogP) is 2.98. The van der Waals surface area contributed by atoms with E-state index in [0.29, 0.717) is 6.61 Å². The van der Waals surface area contributed by atoms with E-state index in [0.717, 1.165) is 31.9 Å². The van der Waals surface area contributed by atoms with Gasteiger partial charge in [0.2, 0.25) is 0 Å². The first-order chi connectivity index (χ1) is 10.3. The Morgan fingerprint density at radius 2 is 1.71 bits per heavy atom. The fourth-order valence-corrected chi connectivity index (χ4v) is 2.64. The van der Waals surface area contributed by atoms with Gasteiger partial charge in [0.1, 0.15) is 12.4 Å². The van der Waals surface area contributed by atoms with Crippen LogP contribution < -0.4 is 15.0 Å². The Hall–Kier alpha value is -2.00. The van der Waals surface area contributed by atoms with Gasteiger partial charge < -0.3 is 15.0 Å². The summed E-state index contributed by atoms with van der Waals surface area (Å²) in [6.45, 7) is 6.91. The number of rotatable bonds is 4. The van der Waals surface area contributed by atoms with Crippen LogP contribution in [0.4, 0.5) is 5.69 Å². The van der Waals surface area contributed by atoms with Gasteiger partial charge in [-0.15, -0.1) is 0 Å². The molecule has 3 rings (SSSR count). The van der Waals surface area contributed by atoms with Gasteiger partial charge in [-0.3, -0.25) is 0 Å². The smallest absolute Gasteiger partial charge is 0.119 e. The molecule has 1 aliphatic rings. The molecule has 1 heterocycles. The molecule has 21 heavy (non-hydrogen) atoms. The third-order valence-corrected chi connectivity index (χ3v) is 3.86. The van der Waals surface area contributed by atoms with Gasteiger partial charge in [-0.25, -0.2) is 0 Å². The predicted molar refractivity (Wildman–Crippen MR) is 87.0 cm³/mol. The lowest BCUT2D eigenvalue weighted by Gasteiger charge is -2.31. The average molecular weight is 282 g/mol. The summed E-state index contributed by atoms with van der Waals surface area (Å²) in [7, 11) is 0. The molecule has 0 unspecified atom stereocenters. The Labute approximate surface area is 126 Å². The van der Waals surface area contributed by atoms with Crippen molar-refractivity contribution in [2.24, 2.45) is 0 Å². The van der Waals surface area contributed by atoms with Crippen LogP contribution in [0, 0.1) is 6.92 Å². The molecule has 3 nitrogen and oxygen atoms in total. The van der Waals surface area contributed by atoms with Crippen molar-refractivity contribution in [3.8, 4) is 5.75 Å². The Morgan fingerprint density at radius 3 is 2.48 bits per heavy atom. The van der Waals surface area contributed by atoms with Crippen LogP contribution in [0.25, 0.3) is 0 Å². The van der Waals surface area contributed by atoms with Gasteiger partial charge in [-0.1, -0.05) is 35.9 Å². The molecule has 0 saturated carbocycles. The molecule has 0 spiro atoms. The van der Waals surface area contributed by atoms with Crippen molar-refractivity contribution < 1.29 is 4.74 Å². The second-order valence-electron chi connectivity index (χ2n) is 5.47. The molecule has 0 aromatic heterocycles. The minimum atomic E-state index is 0.614. The van der Waals surface area contributed by atoms with Crippen LogP contribution in [0.3, 0.4) is 0 Å². The van der Waals surface area contributed by atoms with Gasteiger partial charge in [0.25, 0.3) is 0 Å². The van der Waals surface area contributed by atoms with Crippen molar-refractivity contribution in [2.45, 2.75) is 13.5 Å². The maximum atomic E-state index is 5.94. The molecule has 0 radical (unpaired) electrons. The minimum absolute atomic E-state index is 0.614. The molecule has 0 aliphatic carbocycles. The van der Waals surface area contributed by atoms with Crippen LogP contribution in [0.5, 0.6) is 5.75 Å². The van der Waals surface area contributed by atoms with Crippen LogP contribution in [-0.2, 0) is 6.61 Å². The quantitative estimate of drug-likeness (QED) is 0.933. The molecule has 3 heteroatoms. The zero-order chi connectivity index (χ0) is 14.5. The summed E-state index contributed by atoms with van der Waals surface area (Å²) in [5.74, 6) is 0.927. The highest BCUT2D eigenvalue weighted by Gasteiger charge is 2.13. The van der Waals surface area contributed by atoms with E-state index >= 15 is 0 Å². The van der Waals surface area contributed by atoms with E-state index in [1.165, 1.54) is 16.8 Å². The zero-order valence-corrected chi connectivity index (χ0v) is 12.5. The monoisotopic (exact) mass is 282 g/mol. The average Bonchev–Trinajstić information content (AvgIpc) is 2.55. The van der Waals surface area contributed by atoms with E-state index in [1.807, 2.05) is 12.1 Å². The Kier molecular flexibility index (Phi) is 4.41. The Bertz CT molecular complexity index is 574. The highest BCUT2D eigenvalue weighted by molar-refractivity contribution is 5.54. The number of ether oxygens (including phenoxy) is 1. The number of para-hydroxylation sites is 1. The van der Waals surface area contributed by atoms with Crippen molar-refractivity contribution in [3.63, 3.8) is 0 Å². The summed E-state index contributed by atoms with van der Waals surface area (Å²) < 4.78 is 5.94. The highest BCUT2D eigenvalue weighted by atomic mass is 16.5. The van der Waals surface area contributed by atoms with Gasteiger partial charge >= 0.3 is 0 Å². The van der Waals surface area contributed by atoms with Gasteiger partial charge in [0, 0.05) is 37.4 Å². The largest absolute Gasteiger partial charge is 0.489 e. The van der Waals surface area contributed by atoms with Crippen LogP contribution in [-0.4, -0.2) is 26.2 Å². The fraction of sp³-hybridized carbons (Fsp3) is 0.333. The second-order valence-corrected chi connectivity index (χ2v) is 5.47. The van der Waals surface area contributed by atoms with Gasteiger partial charge in [-0.05, 0) is 25.1 Å². The van der Waals surface area contributed by atoms with Crippen molar-refractivity contribution >= 4 is 5.69 Å². The second kappa shape index (κ2) is 6.64. The Balaban J connectivity index is 1.71. The van der Waals surface area contributed by atoms with Crippen LogP contribution >= 0.6 is 0 Å². The number of hydrogen-bond donors (Lipinski definition) is 1. The molecule has 1 aliphatic heterocycles. The van der Waals surface area contributed by atoms with Gasteiger partial charge in [0.05, 0.1) is 0 Å². The molecule has 0 atom stereocenters. The number of piperazine rings is 1. The standard InChI is InChI=1S/C18H22N2O/c1-15-6-8-17(9-7-15)21-14-16-4-2-3-5-18(16)20-12-10-19-11-13-20/h2-9,19H,10-14H2,1H3. The number of hydrogen-bond acceptors (Lipinski definition) is 3. The van der Waals surface area contributed by atoms with Crippen LogP contribution in [0.15, 0.2) is 48.5 Å². The lowest BCUT2D eigenvalue weighted by Crippen LogP contribution is -2.43. The molecule has 1 N–H and O–H groups in total. The normalized spacial score (nSPS) is 15.0. The van der Waals surface area contributed by atoms with Gasteiger partial charge in [-0.2, -0.15) is 0 Å². The van der Waals surface area contributed by atoms with E-state index in [-0.39, 0.29) is 0 Å². The molecular formula is C18H22N2O. The maximum Gasteiger partial charge on any atom is 0.119 e. The van der Waals surface area contributed by atoms with Crippen molar-refractivity contribution in [1.82, 2.24) is 5.32 Å². The summed E-state index contributed by atoms with van der Waals surface area (Å²) in [4.78, 5) is 2.43. The molecule has 2 aromatic rings. The van der Waals surface area contributed by atoms with E-state index in [4.69, 9.17) is 4.74 Å². The zero-order valence-electron chi connectivity index (χ0n) is 12.5. The summed E-state index contributed by atoms with van der Waals surface area (Å²) >= 11 is 0. The lowest BCUT2D eigenvalue weighted by molar-refractivity contribution is 0.306. The van der Waals surface area contributed by atoms with Crippen molar-refractivity contribution in [2.75, 3.05) is 31.1 Å². The van der Waals surface area contributed by atoms with E-state index in [1.54, 1.807) is 0 Å². The van der Waals surface area contributed by atoms with Crippen LogP contribution in [0.2, 0.25) is 0 Å². The summed E-state index contributed by atoms with van der Waals surface area (Å²) in [5, 5.41) is 3.39. The molecule has 110 valence electrons. The summed E-state index contributed by atoms with van der Waals surface area (Å²) in [5.41, 5.74) is 3.80. The molecule has 2 aromatic carbocycles. The minimum Gasteiger partial charge on any atom is -0.489 e. The number of benzene rings is 2. The molecule has 0 amide bonds. The van der Waals surface area contributed by atoms with Gasteiger partial charge in [0.15, 0.2) is 0 Å². The number of anilines is 1. The Morgan fingerprint density at radius 1 is 1.00 bits per heavy atom. The number of aryl methyl sites for hydroxylation is 1. The van der Waals surface area contributed by atoms with Crippen molar-refractivity contribution in [1.29, 1.82) is 0 Å². The SMILES string of the molecule is Cc1ccc(OCc2ccccc2N2CCNCC2)cc1. The maximum absolute atomic E-state index is 5.94. The first-order valence-corrected chi connectivity index (χ1v) is 7.56. The molecule has 0 bridgehead atoms. The topological polar surface area (TPSA) is 24.5 Å². The summed E-state index contributed by atoms with van der Waals surface area (Å²) in [6, 6.07) is 16.8. The molecule has 1 saturated heterocycles. The third-order valence-electron chi connectivity index (χ3n) is 3.86. The highest BCUT2D eigenvalue weighted by Crippen LogP contribution is 2.23. The first kappa shape index (κ1) is 14.0. The third kappa shape index (κ3) is 3.56. The van der Waals surface area contributed by atoms with E-state index in [9.17, 15) is 0 Å². The van der Waals surface area contributed by atoms with E-state index in [2.05, 4.69) is 53.5 Å². The van der Waals surface area contributed by atoms with E-state index < -0.39 is 0 Å². The van der Waals surface area contributed by atoms with Crippen LogP contribution in [0.1, 0.15) is 11.1 Å². The summed E-state index contributed by atoms with van der Waals surface area (Å²) in [6.07, 6.45) is 0.